The molecule has 1 saturated carbocycles. The number of carbonyl (C=O) groups excluding carboxylic acids is 1. The number of unbranched alkanes of at least 4 members (excludes halogenated alkanes) is 15. The monoisotopic (exact) mass is 545 g/mol. The Balaban J connectivity index is 0.932. The minimum Gasteiger partial charge on any atom is -0.456 e. The molecule has 0 amide bonds. The molecule has 1 aromatic carbocycles. The minimum absolute atomic E-state index is 0.321. The van der Waals surface area contributed by atoms with Crippen molar-refractivity contribution in [2.75, 3.05) is 6.61 Å². The molecule has 4 aliphatic rings. The van der Waals surface area contributed by atoms with Crippen LogP contribution in [0.5, 0.6) is 11.5 Å². The van der Waals surface area contributed by atoms with Gasteiger partial charge in [0.15, 0.2) is 11.5 Å². The number of para-hydroxylation sites is 1. The number of fused-ring (bicyclic) bond motifs is 2. The Bertz CT molecular complexity index is 1150. The van der Waals surface area contributed by atoms with Gasteiger partial charge < -0.3 is 14.2 Å². The molecule has 0 bridgehead atoms. The van der Waals surface area contributed by atoms with Gasteiger partial charge in [-0.15, -0.1) is 0 Å². The molecule has 0 saturated heterocycles. The summed E-state index contributed by atoms with van der Waals surface area (Å²) >= 11 is 0. The summed E-state index contributed by atoms with van der Waals surface area (Å²) < 4.78 is 17.4. The molecule has 2 aliphatic heterocycles. The van der Waals surface area contributed by atoms with Gasteiger partial charge in [-0.25, -0.2) is 4.79 Å². The van der Waals surface area contributed by atoms with Gasteiger partial charge in [-0.1, -0.05) is 128 Å². The van der Waals surface area contributed by atoms with Gasteiger partial charge in [0, 0.05) is 23.4 Å². The first kappa shape index (κ1) is 28.7. The number of benzene rings is 1. The van der Waals surface area contributed by atoms with Crippen molar-refractivity contribution >= 4 is 11.9 Å². The highest BCUT2D eigenvalue weighted by Crippen LogP contribution is 2.64. The summed E-state index contributed by atoms with van der Waals surface area (Å²) in [5.74, 6) is 2.25. The highest BCUT2D eigenvalue weighted by Gasteiger charge is 2.62. The zero-order valence-electron chi connectivity index (χ0n) is 24.4. The van der Waals surface area contributed by atoms with E-state index in [1.807, 2.05) is 24.4 Å². The molecule has 216 valence electrons. The fraction of sp³-hybridized carbons (Fsp3) is 0.600. The molecule has 5 heteroatoms. The molecule has 1 spiro atoms. The van der Waals surface area contributed by atoms with Crippen LogP contribution in [0.2, 0.25) is 0 Å². The summed E-state index contributed by atoms with van der Waals surface area (Å²) in [7, 11) is 0. The van der Waals surface area contributed by atoms with E-state index in [-0.39, 0.29) is 5.41 Å². The van der Waals surface area contributed by atoms with Crippen molar-refractivity contribution in [1.82, 2.24) is 0 Å². The first-order valence-corrected chi connectivity index (χ1v) is 16.1. The average molecular weight is 546 g/mol. The van der Waals surface area contributed by atoms with Crippen molar-refractivity contribution in [2.45, 2.75) is 121 Å². The lowest BCUT2D eigenvalue weighted by atomic mass is 9.67. The Morgan fingerprint density at radius 3 is 2.25 bits per heavy atom. The Morgan fingerprint density at radius 1 is 0.925 bits per heavy atom. The first-order valence-electron chi connectivity index (χ1n) is 16.1. The van der Waals surface area contributed by atoms with Gasteiger partial charge in [0.05, 0.1) is 12.0 Å². The minimum atomic E-state index is -0.662. The smallest absolute Gasteiger partial charge is 0.456 e. The molecule has 1 fully saturated rings. The number of aliphatic imine (C=N–C) groups is 1. The van der Waals surface area contributed by atoms with Gasteiger partial charge in [0.1, 0.15) is 5.76 Å². The molecule has 2 heterocycles. The van der Waals surface area contributed by atoms with Crippen LogP contribution >= 0.6 is 0 Å². The SMILES string of the molecule is CCCCCCCCCCCCCCCCCCOC(=O)Oc1cccc2c1OC1=CC=CC3=CN=C4CC4C312. The van der Waals surface area contributed by atoms with Crippen molar-refractivity contribution in [3.05, 3.63) is 59.5 Å². The van der Waals surface area contributed by atoms with E-state index in [1.165, 1.54) is 95.6 Å². The van der Waals surface area contributed by atoms with E-state index in [4.69, 9.17) is 14.2 Å². The molecular formula is C35H47NO4. The van der Waals surface area contributed by atoms with Gasteiger partial charge in [0.2, 0.25) is 0 Å². The highest BCUT2D eigenvalue weighted by atomic mass is 16.7. The maximum absolute atomic E-state index is 12.5. The second-order valence-electron chi connectivity index (χ2n) is 11.9. The Labute approximate surface area is 240 Å². The summed E-state index contributed by atoms with van der Waals surface area (Å²) in [5.41, 5.74) is 3.06. The average Bonchev–Trinajstić information content (AvgIpc) is 3.69. The molecule has 0 aromatic heterocycles. The Kier molecular flexibility index (Phi) is 10.2. The van der Waals surface area contributed by atoms with E-state index in [9.17, 15) is 4.79 Å². The Hall–Kier alpha value is -2.82. The number of carbonyl (C=O) groups is 1. The van der Waals surface area contributed by atoms with Crippen LogP contribution in [0.4, 0.5) is 4.79 Å². The van der Waals surface area contributed by atoms with E-state index in [1.54, 1.807) is 6.07 Å². The predicted molar refractivity (Wildman–Crippen MR) is 161 cm³/mol. The van der Waals surface area contributed by atoms with E-state index in [0.717, 1.165) is 36.2 Å². The van der Waals surface area contributed by atoms with Crippen molar-refractivity contribution in [2.24, 2.45) is 10.9 Å². The molecule has 2 aliphatic carbocycles. The first-order chi connectivity index (χ1) is 19.7. The standard InChI is InChI=1S/C35H47NO4/c1-2-3-4-5-6-7-8-9-10-11-12-13-14-15-16-17-24-38-34(37)39-31-22-19-21-28-33(31)40-32-23-18-20-27-26-36-30-25-29(30)35(27,28)32/h18-23,26,29H,2-17,24-25H2,1H3. The van der Waals surface area contributed by atoms with Crippen LogP contribution in [0, 0.1) is 5.92 Å². The van der Waals surface area contributed by atoms with E-state index in [0.29, 0.717) is 24.0 Å². The fourth-order valence-electron chi connectivity index (χ4n) is 6.65. The van der Waals surface area contributed by atoms with Crippen LogP contribution in [0.15, 0.2) is 59.0 Å². The van der Waals surface area contributed by atoms with Crippen molar-refractivity contribution in [3.8, 4) is 11.5 Å². The Morgan fingerprint density at radius 2 is 1.57 bits per heavy atom. The van der Waals surface area contributed by atoms with Gasteiger partial charge in [-0.3, -0.25) is 4.99 Å². The van der Waals surface area contributed by atoms with Crippen LogP contribution < -0.4 is 9.47 Å². The number of ether oxygens (including phenoxy) is 3. The lowest BCUT2D eigenvalue weighted by Crippen LogP contribution is -2.34. The number of rotatable bonds is 18. The summed E-state index contributed by atoms with van der Waals surface area (Å²) in [4.78, 5) is 17.1. The van der Waals surface area contributed by atoms with Crippen molar-refractivity contribution in [1.29, 1.82) is 0 Å². The lowest BCUT2D eigenvalue weighted by molar-refractivity contribution is 0.0963. The largest absolute Gasteiger partial charge is 0.513 e. The van der Waals surface area contributed by atoms with E-state index >= 15 is 0 Å². The number of hydrogen-bond acceptors (Lipinski definition) is 5. The zero-order valence-corrected chi connectivity index (χ0v) is 24.4. The topological polar surface area (TPSA) is 57.1 Å². The number of nitrogens with zero attached hydrogens (tertiary/aromatic N) is 1. The van der Waals surface area contributed by atoms with Crippen LogP contribution in [0.1, 0.15) is 122 Å². The van der Waals surface area contributed by atoms with Gasteiger partial charge >= 0.3 is 6.16 Å². The molecule has 0 N–H and O–H groups in total. The molecule has 0 radical (unpaired) electrons. The van der Waals surface area contributed by atoms with Gasteiger partial charge in [0.25, 0.3) is 0 Å². The molecule has 5 rings (SSSR count). The fourth-order valence-corrected chi connectivity index (χ4v) is 6.65. The summed E-state index contributed by atoms with van der Waals surface area (Å²) in [5, 5.41) is 0. The number of allylic oxidation sites excluding steroid dienone is 4. The van der Waals surface area contributed by atoms with E-state index < -0.39 is 6.16 Å². The molecule has 5 nitrogen and oxygen atoms in total. The van der Waals surface area contributed by atoms with Gasteiger partial charge in [-0.05, 0) is 30.6 Å². The van der Waals surface area contributed by atoms with Crippen LogP contribution in [-0.4, -0.2) is 18.5 Å². The maximum Gasteiger partial charge on any atom is 0.513 e. The molecule has 40 heavy (non-hydrogen) atoms. The van der Waals surface area contributed by atoms with E-state index in [2.05, 4.69) is 24.1 Å². The molecule has 2 atom stereocenters. The van der Waals surface area contributed by atoms with Gasteiger partial charge in [-0.2, -0.15) is 0 Å². The van der Waals surface area contributed by atoms with Crippen LogP contribution in [-0.2, 0) is 10.2 Å². The lowest BCUT2D eigenvalue weighted by Gasteiger charge is -2.33. The summed E-state index contributed by atoms with van der Waals surface area (Å²) in [6.45, 7) is 2.67. The van der Waals surface area contributed by atoms with Crippen LogP contribution in [0.25, 0.3) is 0 Å². The zero-order chi connectivity index (χ0) is 27.6. The maximum atomic E-state index is 12.5. The summed E-state index contributed by atoms with van der Waals surface area (Å²) in [6, 6.07) is 5.80. The van der Waals surface area contributed by atoms with Crippen LogP contribution in [0.3, 0.4) is 0 Å². The third kappa shape index (κ3) is 6.56. The highest BCUT2D eigenvalue weighted by molar-refractivity contribution is 6.06. The second kappa shape index (κ2) is 14.2. The third-order valence-electron chi connectivity index (χ3n) is 8.94. The predicted octanol–water partition coefficient (Wildman–Crippen LogP) is 9.91. The molecular weight excluding hydrogens is 498 g/mol. The van der Waals surface area contributed by atoms with Crippen molar-refractivity contribution < 1.29 is 19.0 Å². The quantitative estimate of drug-likeness (QED) is 0.105. The summed E-state index contributed by atoms with van der Waals surface area (Å²) in [6.07, 6.45) is 29.5. The molecule has 1 aromatic rings. The number of hydrogen-bond donors (Lipinski definition) is 0. The second-order valence-corrected chi connectivity index (χ2v) is 11.9. The van der Waals surface area contributed by atoms with Crippen molar-refractivity contribution in [3.63, 3.8) is 0 Å². The molecule has 2 unspecified atom stereocenters. The normalized spacial score (nSPS) is 21.2. The third-order valence-corrected chi connectivity index (χ3v) is 8.94.